The Balaban J connectivity index is 3.46. The van der Waals surface area contributed by atoms with Gasteiger partial charge in [0.1, 0.15) is 17.7 Å². The molecule has 0 saturated carbocycles. The smallest absolute Gasteiger partial charge is 0.408 e. The summed E-state index contributed by atoms with van der Waals surface area (Å²) in [5.74, 6) is -0.581. The minimum absolute atomic E-state index is 0.140. The minimum Gasteiger partial charge on any atom is -0.444 e. The molecule has 0 heterocycles. The molecule has 7 heteroatoms. The molecule has 2 N–H and O–H groups in total. The zero-order chi connectivity index (χ0) is 28.0. The third-order valence-corrected chi connectivity index (χ3v) is 6.56. The van der Waals surface area contributed by atoms with Crippen molar-refractivity contribution in [3.63, 3.8) is 0 Å². The quantitative estimate of drug-likeness (QED) is 0.267. The summed E-state index contributed by atoms with van der Waals surface area (Å²) in [6.45, 7) is 16.5. The van der Waals surface area contributed by atoms with Gasteiger partial charge in [-0.05, 0) is 57.6 Å². The van der Waals surface area contributed by atoms with E-state index in [1.807, 2.05) is 45.0 Å². The summed E-state index contributed by atoms with van der Waals surface area (Å²) in [5.41, 5.74) is 1.07. The Morgan fingerprint density at radius 2 is 1.59 bits per heavy atom. The fraction of sp³-hybridized carbons (Fsp3) is 0.700. The zero-order valence-corrected chi connectivity index (χ0v) is 24.5. The van der Waals surface area contributed by atoms with Gasteiger partial charge in [-0.25, -0.2) is 4.79 Å². The van der Waals surface area contributed by atoms with Gasteiger partial charge in [-0.3, -0.25) is 9.59 Å². The first-order valence-electron chi connectivity index (χ1n) is 14.1. The van der Waals surface area contributed by atoms with Gasteiger partial charge in [-0.15, -0.1) is 0 Å². The van der Waals surface area contributed by atoms with Crippen LogP contribution in [0.1, 0.15) is 111 Å². The molecule has 0 spiro atoms. The highest BCUT2D eigenvalue weighted by atomic mass is 16.6. The molecule has 3 amide bonds. The fourth-order valence-electron chi connectivity index (χ4n) is 4.22. The Labute approximate surface area is 225 Å². The number of amides is 3. The molecule has 1 rings (SSSR count). The number of rotatable bonds is 15. The maximum Gasteiger partial charge on any atom is 0.408 e. The monoisotopic (exact) mass is 517 g/mol. The van der Waals surface area contributed by atoms with E-state index in [2.05, 4.69) is 24.5 Å². The standard InChI is InChI=1S/C30H51N3O4/c1-9-12-16-20-31-27(34)26(24-19-15-14-18-23(24)5)33(21-17-13-10-2)28(35)25(22(4)11-3)32-29(36)37-30(6,7)8/h14-15,18-19,22,25-26H,9-13,16-17,20-21H2,1-8H3,(H,31,34)(H,32,36). The molecule has 7 nitrogen and oxygen atoms in total. The van der Waals surface area contributed by atoms with Crippen molar-refractivity contribution in [1.29, 1.82) is 0 Å². The Hall–Kier alpha value is -2.57. The van der Waals surface area contributed by atoms with E-state index in [4.69, 9.17) is 4.74 Å². The molecule has 210 valence electrons. The van der Waals surface area contributed by atoms with Gasteiger partial charge >= 0.3 is 6.09 Å². The predicted molar refractivity (Wildman–Crippen MR) is 150 cm³/mol. The highest BCUT2D eigenvalue weighted by Crippen LogP contribution is 2.27. The molecule has 0 bridgehead atoms. The number of ether oxygens (including phenoxy) is 1. The molecule has 3 atom stereocenters. The molecule has 0 aliphatic heterocycles. The molecule has 0 aliphatic rings. The van der Waals surface area contributed by atoms with Gasteiger partial charge in [0.25, 0.3) is 0 Å². The first kappa shape index (κ1) is 32.5. The van der Waals surface area contributed by atoms with E-state index in [1.54, 1.807) is 25.7 Å². The van der Waals surface area contributed by atoms with Crippen molar-refractivity contribution < 1.29 is 19.1 Å². The number of hydrogen-bond donors (Lipinski definition) is 2. The lowest BCUT2D eigenvalue weighted by Crippen LogP contribution is -2.55. The lowest BCUT2D eigenvalue weighted by molar-refractivity contribution is -0.143. The predicted octanol–water partition coefficient (Wildman–Crippen LogP) is 6.30. The third kappa shape index (κ3) is 11.1. The van der Waals surface area contributed by atoms with E-state index in [-0.39, 0.29) is 17.7 Å². The van der Waals surface area contributed by atoms with E-state index in [0.717, 1.165) is 49.7 Å². The molecular weight excluding hydrogens is 466 g/mol. The van der Waals surface area contributed by atoms with Gasteiger partial charge < -0.3 is 20.3 Å². The number of unbranched alkanes of at least 4 members (excludes halogenated alkanes) is 4. The molecule has 1 aromatic carbocycles. The van der Waals surface area contributed by atoms with Crippen LogP contribution in [-0.4, -0.2) is 47.5 Å². The van der Waals surface area contributed by atoms with Crippen molar-refractivity contribution in [2.24, 2.45) is 5.92 Å². The summed E-state index contributed by atoms with van der Waals surface area (Å²) in [6, 6.07) is 6.14. The maximum atomic E-state index is 14.2. The van der Waals surface area contributed by atoms with Crippen LogP contribution in [0.2, 0.25) is 0 Å². The van der Waals surface area contributed by atoms with Crippen LogP contribution in [0.5, 0.6) is 0 Å². The van der Waals surface area contributed by atoms with Crippen LogP contribution in [0.15, 0.2) is 24.3 Å². The Morgan fingerprint density at radius 3 is 2.16 bits per heavy atom. The topological polar surface area (TPSA) is 87.7 Å². The average Bonchev–Trinajstić information content (AvgIpc) is 2.83. The summed E-state index contributed by atoms with van der Waals surface area (Å²) in [6.07, 6.45) is 5.75. The molecule has 0 aromatic heterocycles. The maximum absolute atomic E-state index is 14.2. The van der Waals surface area contributed by atoms with E-state index < -0.39 is 23.8 Å². The van der Waals surface area contributed by atoms with Crippen LogP contribution in [-0.2, 0) is 14.3 Å². The number of benzene rings is 1. The molecule has 3 unspecified atom stereocenters. The van der Waals surface area contributed by atoms with Gasteiger partial charge in [-0.2, -0.15) is 0 Å². The van der Waals surface area contributed by atoms with Crippen molar-refractivity contribution in [3.05, 3.63) is 35.4 Å². The van der Waals surface area contributed by atoms with Crippen molar-refractivity contribution in [1.82, 2.24) is 15.5 Å². The summed E-state index contributed by atoms with van der Waals surface area (Å²) in [4.78, 5) is 42.3. The number of nitrogens with one attached hydrogen (secondary N) is 2. The fourth-order valence-corrected chi connectivity index (χ4v) is 4.22. The molecule has 0 radical (unpaired) electrons. The van der Waals surface area contributed by atoms with Crippen LogP contribution in [0, 0.1) is 12.8 Å². The van der Waals surface area contributed by atoms with Crippen LogP contribution in [0.4, 0.5) is 4.79 Å². The largest absolute Gasteiger partial charge is 0.444 e. The lowest BCUT2D eigenvalue weighted by atomic mass is 9.94. The van der Waals surface area contributed by atoms with E-state index in [1.165, 1.54) is 0 Å². The van der Waals surface area contributed by atoms with Crippen LogP contribution >= 0.6 is 0 Å². The van der Waals surface area contributed by atoms with Gasteiger partial charge in [0.05, 0.1) is 0 Å². The van der Waals surface area contributed by atoms with E-state index in [9.17, 15) is 14.4 Å². The Bertz CT molecular complexity index is 849. The summed E-state index contributed by atoms with van der Waals surface area (Å²) >= 11 is 0. The number of nitrogens with zero attached hydrogens (tertiary/aromatic N) is 1. The number of alkyl carbamates (subject to hydrolysis) is 1. The molecule has 0 saturated heterocycles. The molecule has 1 aromatic rings. The molecule has 0 aliphatic carbocycles. The first-order chi connectivity index (χ1) is 17.5. The van der Waals surface area contributed by atoms with Crippen LogP contribution in [0.25, 0.3) is 0 Å². The summed E-state index contributed by atoms with van der Waals surface area (Å²) in [5, 5.41) is 5.91. The SMILES string of the molecule is CCCCCNC(=O)C(c1ccccc1C)N(CCCCC)C(=O)C(NC(=O)OC(C)(C)C)C(C)CC. The highest BCUT2D eigenvalue weighted by molar-refractivity contribution is 5.92. The lowest BCUT2D eigenvalue weighted by Gasteiger charge is -2.36. The van der Waals surface area contributed by atoms with Crippen molar-refractivity contribution >= 4 is 17.9 Å². The summed E-state index contributed by atoms with van der Waals surface area (Å²) in [7, 11) is 0. The third-order valence-electron chi connectivity index (χ3n) is 6.56. The second-order valence-corrected chi connectivity index (χ2v) is 11.0. The summed E-state index contributed by atoms with van der Waals surface area (Å²) < 4.78 is 5.48. The Morgan fingerprint density at radius 1 is 0.973 bits per heavy atom. The Kier molecular flexibility index (Phi) is 14.3. The second kappa shape index (κ2) is 16.3. The minimum atomic E-state index is -0.805. The van der Waals surface area contributed by atoms with Gasteiger partial charge in [0, 0.05) is 13.1 Å². The van der Waals surface area contributed by atoms with Crippen LogP contribution < -0.4 is 10.6 Å². The highest BCUT2D eigenvalue weighted by Gasteiger charge is 2.38. The number of aryl methyl sites for hydroxylation is 1. The van der Waals surface area contributed by atoms with Crippen molar-refractivity contribution in [2.75, 3.05) is 13.1 Å². The van der Waals surface area contributed by atoms with Crippen molar-refractivity contribution in [2.45, 2.75) is 118 Å². The van der Waals surface area contributed by atoms with E-state index in [0.29, 0.717) is 19.5 Å². The molecule has 37 heavy (non-hydrogen) atoms. The van der Waals surface area contributed by atoms with Crippen molar-refractivity contribution in [3.8, 4) is 0 Å². The number of carbonyl (C=O) groups is 3. The molecule has 0 fully saturated rings. The van der Waals surface area contributed by atoms with Crippen LogP contribution in [0.3, 0.4) is 0 Å². The second-order valence-electron chi connectivity index (χ2n) is 11.0. The number of hydrogen-bond acceptors (Lipinski definition) is 4. The van der Waals surface area contributed by atoms with Gasteiger partial charge in [0.15, 0.2) is 0 Å². The number of carbonyl (C=O) groups excluding carboxylic acids is 3. The first-order valence-corrected chi connectivity index (χ1v) is 14.1. The van der Waals surface area contributed by atoms with E-state index >= 15 is 0 Å². The van der Waals surface area contributed by atoms with Gasteiger partial charge in [0.2, 0.25) is 11.8 Å². The van der Waals surface area contributed by atoms with Gasteiger partial charge in [-0.1, -0.05) is 84.1 Å². The normalized spacial score (nSPS) is 13.8. The average molecular weight is 518 g/mol. The molecular formula is C30H51N3O4. The zero-order valence-electron chi connectivity index (χ0n) is 24.5.